The van der Waals surface area contributed by atoms with Crippen molar-refractivity contribution in [2.75, 3.05) is 15.5 Å². The van der Waals surface area contributed by atoms with Crippen LogP contribution in [-0.4, -0.2) is 17.7 Å². The third-order valence-corrected chi connectivity index (χ3v) is 6.16. The van der Waals surface area contributed by atoms with Gasteiger partial charge in [-0.15, -0.1) is 0 Å². The van der Waals surface area contributed by atoms with E-state index in [9.17, 15) is 14.4 Å². The van der Waals surface area contributed by atoms with Crippen molar-refractivity contribution in [1.82, 2.24) is 0 Å². The van der Waals surface area contributed by atoms with Crippen molar-refractivity contribution in [2.24, 2.45) is 0 Å². The number of para-hydroxylation sites is 1. The minimum Gasteiger partial charge on any atom is -0.457 e. The molecule has 38 heavy (non-hydrogen) atoms. The van der Waals surface area contributed by atoms with Crippen LogP contribution >= 0.6 is 23.2 Å². The number of imide groups is 1. The molecule has 9 heteroatoms. The van der Waals surface area contributed by atoms with Gasteiger partial charge in [-0.3, -0.25) is 14.4 Å². The van der Waals surface area contributed by atoms with Crippen LogP contribution in [0.4, 0.5) is 17.1 Å². The molecule has 0 bridgehead atoms. The molecule has 1 aliphatic heterocycles. The van der Waals surface area contributed by atoms with Crippen molar-refractivity contribution < 1.29 is 19.1 Å². The highest BCUT2D eigenvalue weighted by atomic mass is 35.5. The van der Waals surface area contributed by atoms with Crippen LogP contribution in [0.15, 0.2) is 114 Å². The average Bonchev–Trinajstić information content (AvgIpc) is 3.13. The second-order valence-corrected chi connectivity index (χ2v) is 9.03. The smallest absolute Gasteiger partial charge is 0.283 e. The lowest BCUT2D eigenvalue weighted by atomic mass is 10.1. The summed E-state index contributed by atoms with van der Waals surface area (Å²) in [6.07, 6.45) is 0. The van der Waals surface area contributed by atoms with Gasteiger partial charge >= 0.3 is 0 Å². The number of anilines is 3. The van der Waals surface area contributed by atoms with Gasteiger partial charge in [-0.2, -0.15) is 0 Å². The number of ether oxygens (including phenoxy) is 1. The van der Waals surface area contributed by atoms with Crippen LogP contribution < -0.4 is 20.3 Å². The van der Waals surface area contributed by atoms with Gasteiger partial charge in [0.05, 0.1) is 5.69 Å². The van der Waals surface area contributed by atoms with Gasteiger partial charge in [-0.05, 0) is 72.8 Å². The summed E-state index contributed by atoms with van der Waals surface area (Å²) >= 11 is 12.3. The quantitative estimate of drug-likeness (QED) is 0.249. The average molecular weight is 544 g/mol. The third kappa shape index (κ3) is 5.39. The number of halogens is 2. The summed E-state index contributed by atoms with van der Waals surface area (Å²) in [7, 11) is 0. The molecule has 0 aliphatic carbocycles. The lowest BCUT2D eigenvalue weighted by molar-refractivity contribution is -0.120. The Morgan fingerprint density at radius 2 is 1.39 bits per heavy atom. The largest absolute Gasteiger partial charge is 0.457 e. The lowest BCUT2D eigenvalue weighted by Crippen LogP contribution is -2.32. The summed E-state index contributed by atoms with van der Waals surface area (Å²) in [6.45, 7) is 0. The Balaban J connectivity index is 1.30. The number of rotatable bonds is 7. The second kappa shape index (κ2) is 10.8. The van der Waals surface area contributed by atoms with E-state index in [1.165, 1.54) is 0 Å². The van der Waals surface area contributed by atoms with Gasteiger partial charge in [0, 0.05) is 22.0 Å². The molecule has 2 N–H and O–H groups in total. The Kier molecular flexibility index (Phi) is 7.13. The van der Waals surface area contributed by atoms with Gasteiger partial charge in [0.1, 0.15) is 22.2 Å². The van der Waals surface area contributed by atoms with Gasteiger partial charge in [0.15, 0.2) is 0 Å². The number of nitrogens with zero attached hydrogens (tertiary/aromatic N) is 1. The van der Waals surface area contributed by atoms with Crippen molar-refractivity contribution in [1.29, 1.82) is 0 Å². The highest BCUT2D eigenvalue weighted by Gasteiger charge is 2.39. The van der Waals surface area contributed by atoms with Gasteiger partial charge in [-0.1, -0.05) is 53.5 Å². The van der Waals surface area contributed by atoms with E-state index in [1.807, 2.05) is 30.3 Å². The highest BCUT2D eigenvalue weighted by molar-refractivity contribution is 6.53. The molecule has 0 fully saturated rings. The van der Waals surface area contributed by atoms with Crippen LogP contribution in [0.1, 0.15) is 10.4 Å². The van der Waals surface area contributed by atoms with E-state index in [-0.39, 0.29) is 16.6 Å². The van der Waals surface area contributed by atoms with Gasteiger partial charge in [-0.25, -0.2) is 4.90 Å². The number of carbonyl (C=O) groups is 3. The summed E-state index contributed by atoms with van der Waals surface area (Å²) < 4.78 is 5.77. The van der Waals surface area contributed by atoms with Gasteiger partial charge < -0.3 is 15.4 Å². The topological polar surface area (TPSA) is 87.7 Å². The molecule has 0 unspecified atom stereocenters. The number of nitrogens with one attached hydrogen (secondary N) is 2. The predicted molar refractivity (Wildman–Crippen MR) is 148 cm³/mol. The molecule has 1 heterocycles. The zero-order chi connectivity index (χ0) is 26.6. The number of hydrogen-bond donors (Lipinski definition) is 2. The molecule has 5 rings (SSSR count). The van der Waals surface area contributed by atoms with Crippen LogP contribution in [0.3, 0.4) is 0 Å². The summed E-state index contributed by atoms with van der Waals surface area (Å²) in [5.41, 5.74) is 1.53. The van der Waals surface area contributed by atoms with Crippen molar-refractivity contribution in [3.05, 3.63) is 124 Å². The van der Waals surface area contributed by atoms with Crippen molar-refractivity contribution >= 4 is 58.0 Å². The fourth-order valence-corrected chi connectivity index (χ4v) is 4.19. The Labute approximate surface area is 228 Å². The molecular weight excluding hydrogens is 525 g/mol. The molecule has 7 nitrogen and oxygen atoms in total. The van der Waals surface area contributed by atoms with Crippen LogP contribution in [0.5, 0.6) is 11.5 Å². The minimum atomic E-state index is -0.661. The van der Waals surface area contributed by atoms with E-state index in [0.29, 0.717) is 39.1 Å². The third-order valence-electron chi connectivity index (χ3n) is 5.58. The van der Waals surface area contributed by atoms with Crippen LogP contribution in [0.25, 0.3) is 0 Å². The molecule has 0 atom stereocenters. The Bertz CT molecular complexity index is 1570. The fourth-order valence-electron chi connectivity index (χ4n) is 3.79. The number of benzene rings is 4. The Morgan fingerprint density at radius 1 is 0.711 bits per heavy atom. The normalized spacial score (nSPS) is 13.1. The van der Waals surface area contributed by atoms with E-state index >= 15 is 0 Å². The van der Waals surface area contributed by atoms with Gasteiger partial charge in [0.2, 0.25) is 0 Å². The molecule has 0 spiro atoms. The molecule has 4 aromatic rings. The second-order valence-electron chi connectivity index (χ2n) is 8.21. The molecule has 1 aliphatic rings. The summed E-state index contributed by atoms with van der Waals surface area (Å²) in [5.74, 6) is -0.446. The molecule has 0 saturated heterocycles. The number of carbonyl (C=O) groups excluding carboxylic acids is 3. The van der Waals surface area contributed by atoms with Gasteiger partial charge in [0.25, 0.3) is 17.7 Å². The molecule has 0 saturated carbocycles. The van der Waals surface area contributed by atoms with E-state index in [1.54, 1.807) is 72.8 Å². The maximum atomic E-state index is 13.2. The first kappa shape index (κ1) is 25.1. The molecule has 3 amide bonds. The van der Waals surface area contributed by atoms with Crippen molar-refractivity contribution in [3.8, 4) is 11.5 Å². The molecule has 0 aromatic heterocycles. The molecule has 0 radical (unpaired) electrons. The Hall–Kier alpha value is -4.59. The van der Waals surface area contributed by atoms with E-state index in [0.717, 1.165) is 4.90 Å². The summed E-state index contributed by atoms with van der Waals surface area (Å²) in [6, 6.07) is 29.0. The lowest BCUT2D eigenvalue weighted by Gasteiger charge is -2.16. The van der Waals surface area contributed by atoms with Crippen molar-refractivity contribution in [2.45, 2.75) is 0 Å². The standard InChI is InChI=1S/C29H19Cl2N3O4/c30-19-7-5-9-21(17-19)33-27(35)18-6-4-8-20(16-18)32-26-25(31)28(36)34(29(26)37)22-12-14-24(15-13-22)38-23-10-2-1-3-11-23/h1-17,32H,(H,33,35). The Morgan fingerprint density at radius 3 is 2.13 bits per heavy atom. The van der Waals surface area contributed by atoms with E-state index in [2.05, 4.69) is 10.6 Å². The van der Waals surface area contributed by atoms with Crippen LogP contribution in [0.2, 0.25) is 5.02 Å². The predicted octanol–water partition coefficient (Wildman–Crippen LogP) is 6.82. The molecule has 188 valence electrons. The maximum absolute atomic E-state index is 13.2. The summed E-state index contributed by atoms with van der Waals surface area (Å²) in [5, 5.41) is 5.89. The molecule has 4 aromatic carbocycles. The monoisotopic (exact) mass is 543 g/mol. The zero-order valence-corrected chi connectivity index (χ0v) is 21.2. The van der Waals surface area contributed by atoms with Crippen LogP contribution in [0, 0.1) is 0 Å². The fraction of sp³-hybridized carbons (Fsp3) is 0. The highest BCUT2D eigenvalue weighted by Crippen LogP contribution is 2.32. The van der Waals surface area contributed by atoms with Crippen LogP contribution in [-0.2, 0) is 9.59 Å². The number of amides is 3. The van der Waals surface area contributed by atoms with Crippen molar-refractivity contribution in [3.63, 3.8) is 0 Å². The first-order valence-corrected chi connectivity index (χ1v) is 12.2. The first-order valence-electron chi connectivity index (χ1n) is 11.4. The van der Waals surface area contributed by atoms with E-state index < -0.39 is 11.8 Å². The molecular formula is C29H19Cl2N3O4. The summed E-state index contributed by atoms with van der Waals surface area (Å²) in [4.78, 5) is 39.7. The first-order chi connectivity index (χ1) is 18.4. The zero-order valence-electron chi connectivity index (χ0n) is 19.7. The number of hydrogen-bond acceptors (Lipinski definition) is 5. The minimum absolute atomic E-state index is 0.0892. The van der Waals surface area contributed by atoms with E-state index in [4.69, 9.17) is 27.9 Å². The SMILES string of the molecule is O=C(Nc1cccc(Cl)c1)c1cccc(NC2=C(Cl)C(=O)N(c3ccc(Oc4ccccc4)cc3)C2=O)c1. The maximum Gasteiger partial charge on any atom is 0.283 e.